The van der Waals surface area contributed by atoms with Crippen LogP contribution < -0.4 is 5.32 Å². The molecule has 1 aromatic carbocycles. The number of halogens is 1. The monoisotopic (exact) mass is 276 g/mol. The van der Waals surface area contributed by atoms with Gasteiger partial charge in [-0.1, -0.05) is 23.7 Å². The largest absolute Gasteiger partial charge is 0.348 e. The molecule has 0 spiro atoms. The van der Waals surface area contributed by atoms with Crippen molar-refractivity contribution in [3.63, 3.8) is 0 Å². The van der Waals surface area contributed by atoms with Crippen molar-refractivity contribution >= 4 is 39.9 Å². The van der Waals surface area contributed by atoms with E-state index in [-0.39, 0.29) is 0 Å². The third kappa shape index (κ3) is 2.42. The summed E-state index contributed by atoms with van der Waals surface area (Å²) in [6.45, 7) is 0.650. The lowest BCUT2D eigenvalue weighted by Gasteiger charge is -2.02. The van der Waals surface area contributed by atoms with Gasteiger partial charge in [0.25, 0.3) is 0 Å². The van der Waals surface area contributed by atoms with Crippen molar-refractivity contribution in [2.45, 2.75) is 6.54 Å². The van der Waals surface area contributed by atoms with Gasteiger partial charge in [0.05, 0.1) is 16.4 Å². The van der Waals surface area contributed by atoms with Gasteiger partial charge in [-0.2, -0.15) is 0 Å². The summed E-state index contributed by atoms with van der Waals surface area (Å²) in [5.41, 5.74) is 1.63. The zero-order chi connectivity index (χ0) is 12.4. The fraction of sp³-hybridized carbons (Fsp3) is 0.0833. The van der Waals surface area contributed by atoms with Gasteiger partial charge in [-0.3, -0.25) is 0 Å². The quantitative estimate of drug-likeness (QED) is 0.797. The number of rotatable bonds is 3. The Bertz CT molecular complexity index is 682. The number of thiophene rings is 1. The number of nitrogens with zero attached hydrogens (tertiary/aromatic N) is 3. The highest BCUT2D eigenvalue weighted by atomic mass is 35.5. The Morgan fingerprint density at radius 2 is 1.89 bits per heavy atom. The minimum Gasteiger partial charge on any atom is -0.348 e. The molecular weight excluding hydrogens is 268 g/mol. The Balaban J connectivity index is 1.78. The average Bonchev–Trinajstić information content (AvgIpc) is 2.82. The smallest absolute Gasteiger partial charge is 0.243 e. The van der Waals surface area contributed by atoms with Crippen molar-refractivity contribution in [2.24, 2.45) is 0 Å². The molecule has 0 amide bonds. The second-order valence-corrected chi connectivity index (χ2v) is 5.48. The van der Waals surface area contributed by atoms with E-state index < -0.39 is 0 Å². The Kier molecular flexibility index (Phi) is 3.08. The summed E-state index contributed by atoms with van der Waals surface area (Å²) in [7, 11) is 0. The van der Waals surface area contributed by atoms with E-state index >= 15 is 0 Å². The highest BCUT2D eigenvalue weighted by Crippen LogP contribution is 2.21. The topological polar surface area (TPSA) is 50.7 Å². The lowest BCUT2D eigenvalue weighted by atomic mass is 10.3. The van der Waals surface area contributed by atoms with E-state index in [1.807, 2.05) is 36.4 Å². The predicted molar refractivity (Wildman–Crippen MR) is 74.0 cm³/mol. The molecule has 0 aliphatic rings. The molecule has 0 aliphatic heterocycles. The molecule has 0 aliphatic carbocycles. The minimum atomic E-state index is 0.526. The Labute approximate surface area is 113 Å². The van der Waals surface area contributed by atoms with Crippen LogP contribution in [0.25, 0.3) is 11.0 Å². The Morgan fingerprint density at radius 3 is 2.67 bits per heavy atom. The van der Waals surface area contributed by atoms with E-state index in [2.05, 4.69) is 20.5 Å². The SMILES string of the molecule is Clc1ccc(CNc2nnc3ccccc3n2)s1. The molecule has 0 fully saturated rings. The first-order valence-corrected chi connectivity index (χ1v) is 6.58. The average molecular weight is 277 g/mol. The first-order chi connectivity index (χ1) is 8.81. The molecule has 2 heterocycles. The van der Waals surface area contributed by atoms with Crippen LogP contribution in [0.2, 0.25) is 4.34 Å². The van der Waals surface area contributed by atoms with E-state index in [1.54, 1.807) is 0 Å². The van der Waals surface area contributed by atoms with E-state index in [9.17, 15) is 0 Å². The molecule has 0 unspecified atom stereocenters. The van der Waals surface area contributed by atoms with E-state index in [4.69, 9.17) is 11.6 Å². The number of fused-ring (bicyclic) bond motifs is 1. The Hall–Kier alpha value is -1.72. The molecule has 0 radical (unpaired) electrons. The molecule has 3 rings (SSSR count). The first-order valence-electron chi connectivity index (χ1n) is 5.39. The summed E-state index contributed by atoms with van der Waals surface area (Å²) in [5, 5.41) is 11.3. The second kappa shape index (κ2) is 4.88. The maximum atomic E-state index is 5.87. The molecule has 0 atom stereocenters. The van der Waals surface area contributed by atoms with Gasteiger partial charge in [0, 0.05) is 4.88 Å². The van der Waals surface area contributed by atoms with E-state index in [0.29, 0.717) is 12.5 Å². The van der Waals surface area contributed by atoms with Crippen LogP contribution in [0.1, 0.15) is 4.88 Å². The number of anilines is 1. The van der Waals surface area contributed by atoms with Crippen molar-refractivity contribution in [1.82, 2.24) is 15.2 Å². The molecule has 18 heavy (non-hydrogen) atoms. The van der Waals surface area contributed by atoms with Crippen LogP contribution >= 0.6 is 22.9 Å². The summed E-state index contributed by atoms with van der Waals surface area (Å²) in [4.78, 5) is 5.52. The van der Waals surface area contributed by atoms with Crippen LogP contribution in [0.15, 0.2) is 36.4 Å². The highest BCUT2D eigenvalue weighted by Gasteiger charge is 2.02. The normalized spacial score (nSPS) is 10.7. The van der Waals surface area contributed by atoms with E-state index in [0.717, 1.165) is 20.2 Å². The minimum absolute atomic E-state index is 0.526. The Morgan fingerprint density at radius 1 is 1.06 bits per heavy atom. The molecule has 6 heteroatoms. The van der Waals surface area contributed by atoms with Gasteiger partial charge in [0.1, 0.15) is 5.52 Å². The van der Waals surface area contributed by atoms with Crippen LogP contribution in [0, 0.1) is 0 Å². The molecule has 2 aromatic heterocycles. The van der Waals surface area contributed by atoms with Crippen molar-refractivity contribution in [3.8, 4) is 0 Å². The lowest BCUT2D eigenvalue weighted by Crippen LogP contribution is -2.03. The molecule has 0 saturated carbocycles. The summed E-state index contributed by atoms with van der Waals surface area (Å²) in [6, 6.07) is 11.5. The van der Waals surface area contributed by atoms with Gasteiger partial charge >= 0.3 is 0 Å². The van der Waals surface area contributed by atoms with Gasteiger partial charge in [0.15, 0.2) is 0 Å². The number of hydrogen-bond donors (Lipinski definition) is 1. The number of aromatic nitrogens is 3. The fourth-order valence-corrected chi connectivity index (χ4v) is 2.60. The van der Waals surface area contributed by atoms with Crippen LogP contribution in [0.5, 0.6) is 0 Å². The summed E-state index contributed by atoms with van der Waals surface area (Å²) >= 11 is 7.40. The van der Waals surface area contributed by atoms with Gasteiger partial charge in [-0.15, -0.1) is 21.5 Å². The molecule has 0 bridgehead atoms. The summed E-state index contributed by atoms with van der Waals surface area (Å²) < 4.78 is 0.782. The number of benzene rings is 1. The maximum Gasteiger partial charge on any atom is 0.243 e. The summed E-state index contributed by atoms with van der Waals surface area (Å²) in [5.74, 6) is 0.526. The number of para-hydroxylation sites is 1. The van der Waals surface area contributed by atoms with Crippen LogP contribution in [0.4, 0.5) is 5.95 Å². The van der Waals surface area contributed by atoms with Gasteiger partial charge in [0.2, 0.25) is 5.95 Å². The van der Waals surface area contributed by atoms with Gasteiger partial charge < -0.3 is 5.32 Å². The standard InChI is InChI=1S/C12H9ClN4S/c13-11-6-5-8(18-11)7-14-12-15-9-3-1-2-4-10(9)16-17-12/h1-6H,7H2,(H,14,15,17). The zero-order valence-electron chi connectivity index (χ0n) is 9.30. The van der Waals surface area contributed by atoms with Crippen LogP contribution in [-0.2, 0) is 6.54 Å². The zero-order valence-corrected chi connectivity index (χ0v) is 10.9. The number of nitrogens with one attached hydrogen (secondary N) is 1. The third-order valence-corrected chi connectivity index (χ3v) is 3.64. The summed E-state index contributed by atoms with van der Waals surface area (Å²) in [6.07, 6.45) is 0. The third-order valence-electron chi connectivity index (χ3n) is 2.41. The number of hydrogen-bond acceptors (Lipinski definition) is 5. The van der Waals surface area contributed by atoms with Crippen molar-refractivity contribution in [1.29, 1.82) is 0 Å². The second-order valence-electron chi connectivity index (χ2n) is 3.68. The maximum absolute atomic E-state index is 5.87. The van der Waals surface area contributed by atoms with Gasteiger partial charge in [-0.25, -0.2) is 4.98 Å². The van der Waals surface area contributed by atoms with Crippen molar-refractivity contribution in [3.05, 3.63) is 45.6 Å². The molecule has 90 valence electrons. The first kappa shape index (κ1) is 11.4. The van der Waals surface area contributed by atoms with Crippen LogP contribution in [0.3, 0.4) is 0 Å². The molecule has 0 saturated heterocycles. The lowest BCUT2D eigenvalue weighted by molar-refractivity contribution is 0.990. The van der Waals surface area contributed by atoms with Crippen molar-refractivity contribution in [2.75, 3.05) is 5.32 Å². The molecular formula is C12H9ClN4S. The predicted octanol–water partition coefficient (Wildman–Crippen LogP) is 3.35. The van der Waals surface area contributed by atoms with Crippen LogP contribution in [-0.4, -0.2) is 15.2 Å². The molecule has 1 N–H and O–H groups in total. The fourth-order valence-electron chi connectivity index (χ4n) is 1.57. The van der Waals surface area contributed by atoms with Gasteiger partial charge in [-0.05, 0) is 24.3 Å². The van der Waals surface area contributed by atoms with E-state index in [1.165, 1.54) is 11.3 Å². The molecule has 3 aromatic rings. The van der Waals surface area contributed by atoms with Crippen molar-refractivity contribution < 1.29 is 0 Å². The highest BCUT2D eigenvalue weighted by molar-refractivity contribution is 7.16. The molecule has 4 nitrogen and oxygen atoms in total.